The fraction of sp³-hybridized carbons (Fsp3) is 0.273. The van der Waals surface area contributed by atoms with Crippen LogP contribution in [0.1, 0.15) is 5.56 Å². The fourth-order valence-electron chi connectivity index (χ4n) is 1.33. The zero-order valence-corrected chi connectivity index (χ0v) is 9.52. The van der Waals surface area contributed by atoms with Gasteiger partial charge in [0.25, 0.3) is 0 Å². The van der Waals surface area contributed by atoms with Gasteiger partial charge in [0.05, 0.1) is 20.6 Å². The lowest BCUT2D eigenvalue weighted by Crippen LogP contribution is -2.11. The monoisotopic (exact) mass is 239 g/mol. The second-order valence-electron chi connectivity index (χ2n) is 3.21. The molecule has 92 valence electrons. The van der Waals surface area contributed by atoms with Crippen LogP contribution < -0.4 is 10.1 Å². The van der Waals surface area contributed by atoms with Gasteiger partial charge in [0.2, 0.25) is 0 Å². The Bertz CT molecular complexity index is 430. The topological polar surface area (TPSA) is 84.9 Å². The standard InChI is InChI=1S/C11H13NO5/c1-16-9-4-3-8(12-11(15)17-2)5-7(9)6-10(13)14/h3-5H,6H2,1-2H3,(H,12,15)(H,13,14). The van der Waals surface area contributed by atoms with Gasteiger partial charge in [-0.1, -0.05) is 0 Å². The van der Waals surface area contributed by atoms with E-state index in [9.17, 15) is 9.59 Å². The number of rotatable bonds is 4. The third-order valence-electron chi connectivity index (χ3n) is 2.05. The van der Waals surface area contributed by atoms with Crippen LogP contribution in [-0.2, 0) is 16.0 Å². The number of carbonyl (C=O) groups excluding carboxylic acids is 1. The minimum Gasteiger partial charge on any atom is -0.496 e. The van der Waals surface area contributed by atoms with Crippen LogP contribution in [0.15, 0.2) is 18.2 Å². The fourth-order valence-corrected chi connectivity index (χ4v) is 1.33. The summed E-state index contributed by atoms with van der Waals surface area (Å²) in [5.74, 6) is -0.513. The maximum absolute atomic E-state index is 11.0. The summed E-state index contributed by atoms with van der Waals surface area (Å²) in [5.41, 5.74) is 0.933. The van der Waals surface area contributed by atoms with Gasteiger partial charge in [-0.2, -0.15) is 0 Å². The van der Waals surface area contributed by atoms with Crippen molar-refractivity contribution >= 4 is 17.7 Å². The number of ether oxygens (including phenoxy) is 2. The number of hydrogen-bond acceptors (Lipinski definition) is 4. The molecule has 1 aromatic carbocycles. The zero-order chi connectivity index (χ0) is 12.8. The van der Waals surface area contributed by atoms with E-state index >= 15 is 0 Å². The molecule has 0 aliphatic heterocycles. The molecule has 6 nitrogen and oxygen atoms in total. The van der Waals surface area contributed by atoms with Crippen molar-refractivity contribution in [3.05, 3.63) is 23.8 Å². The molecular weight excluding hydrogens is 226 g/mol. The Kier molecular flexibility index (Phi) is 4.33. The summed E-state index contributed by atoms with van der Waals surface area (Å²) in [7, 11) is 2.70. The largest absolute Gasteiger partial charge is 0.496 e. The van der Waals surface area contributed by atoms with Gasteiger partial charge in [0.15, 0.2) is 0 Å². The van der Waals surface area contributed by atoms with Crippen LogP contribution in [-0.4, -0.2) is 31.4 Å². The van der Waals surface area contributed by atoms with E-state index in [1.807, 2.05) is 0 Å². The van der Waals surface area contributed by atoms with Crippen molar-refractivity contribution in [2.45, 2.75) is 6.42 Å². The van der Waals surface area contributed by atoms with E-state index in [4.69, 9.17) is 9.84 Å². The molecule has 0 aromatic heterocycles. The average Bonchev–Trinajstić information content (AvgIpc) is 2.28. The first-order valence-electron chi connectivity index (χ1n) is 4.80. The minimum absolute atomic E-state index is 0.181. The molecule has 1 aromatic rings. The van der Waals surface area contributed by atoms with E-state index in [-0.39, 0.29) is 6.42 Å². The Morgan fingerprint density at radius 1 is 1.35 bits per heavy atom. The summed E-state index contributed by atoms with van der Waals surface area (Å²) >= 11 is 0. The van der Waals surface area contributed by atoms with Crippen molar-refractivity contribution in [2.24, 2.45) is 0 Å². The third kappa shape index (κ3) is 3.67. The molecule has 0 unspecified atom stereocenters. The van der Waals surface area contributed by atoms with E-state index in [2.05, 4.69) is 10.1 Å². The lowest BCUT2D eigenvalue weighted by molar-refractivity contribution is -0.136. The molecule has 1 rings (SSSR count). The maximum Gasteiger partial charge on any atom is 0.411 e. The molecule has 0 aliphatic carbocycles. The van der Waals surface area contributed by atoms with Crippen LogP contribution in [0, 0.1) is 0 Å². The van der Waals surface area contributed by atoms with Gasteiger partial charge in [-0.25, -0.2) is 4.79 Å². The first-order valence-corrected chi connectivity index (χ1v) is 4.80. The molecule has 0 radical (unpaired) electrons. The molecule has 1 amide bonds. The van der Waals surface area contributed by atoms with Crippen molar-refractivity contribution < 1.29 is 24.2 Å². The Balaban J connectivity index is 2.95. The normalized spacial score (nSPS) is 9.53. The smallest absolute Gasteiger partial charge is 0.411 e. The number of nitrogens with one attached hydrogen (secondary N) is 1. The molecule has 17 heavy (non-hydrogen) atoms. The molecule has 0 bridgehead atoms. The highest BCUT2D eigenvalue weighted by Crippen LogP contribution is 2.23. The summed E-state index contributed by atoms with van der Waals surface area (Å²) in [6, 6.07) is 4.72. The second-order valence-corrected chi connectivity index (χ2v) is 3.21. The number of hydrogen-bond donors (Lipinski definition) is 2. The van der Waals surface area contributed by atoms with Crippen molar-refractivity contribution in [1.29, 1.82) is 0 Å². The summed E-state index contributed by atoms with van der Waals surface area (Å²) in [5, 5.41) is 11.2. The number of methoxy groups -OCH3 is 2. The van der Waals surface area contributed by atoms with Crippen LogP contribution in [0.2, 0.25) is 0 Å². The van der Waals surface area contributed by atoms with E-state index in [0.717, 1.165) is 0 Å². The number of aliphatic carboxylic acids is 1. The maximum atomic E-state index is 11.0. The van der Waals surface area contributed by atoms with Gasteiger partial charge in [-0.3, -0.25) is 10.1 Å². The van der Waals surface area contributed by atoms with Gasteiger partial charge in [-0.05, 0) is 18.2 Å². The van der Waals surface area contributed by atoms with E-state index < -0.39 is 12.1 Å². The highest BCUT2D eigenvalue weighted by Gasteiger charge is 2.10. The summed E-state index contributed by atoms with van der Waals surface area (Å²) < 4.78 is 9.46. The number of benzene rings is 1. The Morgan fingerprint density at radius 3 is 2.59 bits per heavy atom. The number of amides is 1. The van der Waals surface area contributed by atoms with E-state index in [1.54, 1.807) is 12.1 Å². The number of carboxylic acids is 1. The molecular formula is C11H13NO5. The molecule has 0 saturated carbocycles. The molecule has 0 aliphatic rings. The molecule has 6 heteroatoms. The van der Waals surface area contributed by atoms with Gasteiger partial charge in [0, 0.05) is 11.3 Å². The van der Waals surface area contributed by atoms with Crippen LogP contribution in [0.25, 0.3) is 0 Å². The molecule has 0 saturated heterocycles. The van der Waals surface area contributed by atoms with Gasteiger partial charge in [0.1, 0.15) is 5.75 Å². The second kappa shape index (κ2) is 5.74. The van der Waals surface area contributed by atoms with E-state index in [0.29, 0.717) is 17.0 Å². The molecule has 0 heterocycles. The van der Waals surface area contributed by atoms with Gasteiger partial charge >= 0.3 is 12.1 Å². The number of carboxylic acid groups (broad SMARTS) is 1. The Morgan fingerprint density at radius 2 is 2.06 bits per heavy atom. The molecule has 0 atom stereocenters. The number of anilines is 1. The van der Waals surface area contributed by atoms with Crippen LogP contribution >= 0.6 is 0 Å². The predicted octanol–water partition coefficient (Wildman–Crippen LogP) is 1.50. The molecule has 0 spiro atoms. The quantitative estimate of drug-likeness (QED) is 0.831. The number of carbonyl (C=O) groups is 2. The highest BCUT2D eigenvalue weighted by atomic mass is 16.5. The molecule has 0 fully saturated rings. The Labute approximate surface area is 98.2 Å². The van der Waals surface area contributed by atoms with Crippen LogP contribution in [0.4, 0.5) is 10.5 Å². The summed E-state index contributed by atoms with van der Waals surface area (Å²) in [6.45, 7) is 0. The SMILES string of the molecule is COC(=O)Nc1ccc(OC)c(CC(=O)O)c1. The zero-order valence-electron chi connectivity index (χ0n) is 9.52. The van der Waals surface area contributed by atoms with Crippen molar-refractivity contribution in [1.82, 2.24) is 0 Å². The first kappa shape index (κ1) is 12.8. The van der Waals surface area contributed by atoms with Crippen molar-refractivity contribution in [3.8, 4) is 5.75 Å². The lowest BCUT2D eigenvalue weighted by atomic mass is 10.1. The minimum atomic E-state index is -0.974. The van der Waals surface area contributed by atoms with Crippen LogP contribution in [0.5, 0.6) is 5.75 Å². The highest BCUT2D eigenvalue weighted by molar-refractivity contribution is 5.85. The van der Waals surface area contributed by atoms with E-state index in [1.165, 1.54) is 20.3 Å². The molecule has 2 N–H and O–H groups in total. The Hall–Kier alpha value is -2.24. The van der Waals surface area contributed by atoms with Crippen molar-refractivity contribution in [2.75, 3.05) is 19.5 Å². The average molecular weight is 239 g/mol. The predicted molar refractivity (Wildman–Crippen MR) is 60.4 cm³/mol. The van der Waals surface area contributed by atoms with Crippen molar-refractivity contribution in [3.63, 3.8) is 0 Å². The van der Waals surface area contributed by atoms with Gasteiger partial charge in [-0.15, -0.1) is 0 Å². The lowest BCUT2D eigenvalue weighted by Gasteiger charge is -2.09. The third-order valence-corrected chi connectivity index (χ3v) is 2.05. The first-order chi connectivity index (χ1) is 8.06. The summed E-state index contributed by atoms with van der Waals surface area (Å²) in [4.78, 5) is 21.6. The van der Waals surface area contributed by atoms with Crippen LogP contribution in [0.3, 0.4) is 0 Å². The summed E-state index contributed by atoms with van der Waals surface area (Å²) in [6.07, 6.45) is -0.795. The van der Waals surface area contributed by atoms with Gasteiger partial charge < -0.3 is 14.6 Å².